The molecule has 0 saturated carbocycles. The molecule has 1 heterocycles. The Morgan fingerprint density at radius 1 is 1.33 bits per heavy atom. The molecule has 2 rings (SSSR count). The van der Waals surface area contributed by atoms with Gasteiger partial charge in [-0.2, -0.15) is 0 Å². The van der Waals surface area contributed by atoms with Crippen molar-refractivity contribution in [2.24, 2.45) is 5.92 Å². The molecule has 1 aromatic carbocycles. The lowest BCUT2D eigenvalue weighted by atomic mass is 9.97. The maximum Gasteiger partial charge on any atom is 0.227 e. The molecule has 98 valence electrons. The van der Waals surface area contributed by atoms with Gasteiger partial charge in [0, 0.05) is 31.4 Å². The summed E-state index contributed by atoms with van der Waals surface area (Å²) < 4.78 is 0. The van der Waals surface area contributed by atoms with E-state index in [9.17, 15) is 4.79 Å². The first kappa shape index (κ1) is 12.9. The first-order valence-corrected chi connectivity index (χ1v) is 6.46. The van der Waals surface area contributed by atoms with Gasteiger partial charge in [0.05, 0.1) is 0 Å². The topological polar surface area (TPSA) is 44.4 Å². The summed E-state index contributed by atoms with van der Waals surface area (Å²) in [6, 6.07) is 7.93. The number of rotatable bonds is 3. The predicted octanol–water partition coefficient (Wildman–Crippen LogP) is 1.69. The second kappa shape index (κ2) is 5.87. The minimum atomic E-state index is 0.146. The minimum Gasteiger partial charge on any atom is -0.378 e. The largest absolute Gasteiger partial charge is 0.378 e. The highest BCUT2D eigenvalue weighted by Gasteiger charge is 2.20. The first-order chi connectivity index (χ1) is 8.66. The van der Waals surface area contributed by atoms with E-state index in [-0.39, 0.29) is 11.8 Å². The Balaban J connectivity index is 1.99. The zero-order valence-electron chi connectivity index (χ0n) is 11.1. The lowest BCUT2D eigenvalue weighted by Gasteiger charge is -2.22. The van der Waals surface area contributed by atoms with Crippen LogP contribution in [0.5, 0.6) is 0 Å². The lowest BCUT2D eigenvalue weighted by molar-refractivity contribution is -0.120. The van der Waals surface area contributed by atoms with E-state index in [1.807, 2.05) is 43.3 Å². The Labute approximate surface area is 108 Å². The summed E-state index contributed by atoms with van der Waals surface area (Å²) in [4.78, 5) is 14.1. The summed E-state index contributed by atoms with van der Waals surface area (Å²) >= 11 is 0. The molecule has 1 fully saturated rings. The molecule has 1 amide bonds. The fourth-order valence-corrected chi connectivity index (χ4v) is 2.19. The van der Waals surface area contributed by atoms with Crippen LogP contribution in [-0.2, 0) is 4.79 Å². The fourth-order valence-electron chi connectivity index (χ4n) is 2.19. The number of carbonyl (C=O) groups excluding carboxylic acids is 1. The Kier molecular flexibility index (Phi) is 4.20. The van der Waals surface area contributed by atoms with Gasteiger partial charge in [-0.3, -0.25) is 4.79 Å². The monoisotopic (exact) mass is 247 g/mol. The second-order valence-corrected chi connectivity index (χ2v) is 4.96. The molecule has 0 atom stereocenters. The van der Waals surface area contributed by atoms with Crippen LogP contribution < -0.4 is 15.5 Å². The third-order valence-corrected chi connectivity index (χ3v) is 3.34. The zero-order chi connectivity index (χ0) is 13.0. The van der Waals surface area contributed by atoms with Crippen LogP contribution in [0.4, 0.5) is 11.4 Å². The molecule has 0 spiro atoms. The van der Waals surface area contributed by atoms with E-state index in [1.165, 1.54) is 0 Å². The van der Waals surface area contributed by atoms with Crippen LogP contribution in [0.1, 0.15) is 12.8 Å². The highest BCUT2D eigenvalue weighted by atomic mass is 16.1. The van der Waals surface area contributed by atoms with Crippen LogP contribution in [0.25, 0.3) is 0 Å². The summed E-state index contributed by atoms with van der Waals surface area (Å²) in [5.74, 6) is 0.293. The van der Waals surface area contributed by atoms with Gasteiger partial charge < -0.3 is 15.5 Å². The number of nitrogens with zero attached hydrogens (tertiary/aromatic N) is 1. The molecular formula is C14H21N3O. The van der Waals surface area contributed by atoms with E-state index in [2.05, 4.69) is 10.6 Å². The number of benzene rings is 1. The van der Waals surface area contributed by atoms with E-state index in [0.29, 0.717) is 0 Å². The summed E-state index contributed by atoms with van der Waals surface area (Å²) in [5.41, 5.74) is 1.97. The Bertz CT molecular complexity index is 411. The highest BCUT2D eigenvalue weighted by Crippen LogP contribution is 2.19. The smallest absolute Gasteiger partial charge is 0.227 e. The molecule has 1 aromatic rings. The number of piperidine rings is 1. The Hall–Kier alpha value is -1.55. The summed E-state index contributed by atoms with van der Waals surface area (Å²) in [5, 5.41) is 6.28. The van der Waals surface area contributed by atoms with Crippen molar-refractivity contribution < 1.29 is 4.79 Å². The molecule has 4 heteroatoms. The maximum atomic E-state index is 12.1. The number of anilines is 2. The summed E-state index contributed by atoms with van der Waals surface area (Å²) in [6.45, 7) is 1.88. The van der Waals surface area contributed by atoms with Gasteiger partial charge in [-0.05, 0) is 44.1 Å². The standard InChI is InChI=1S/C14H21N3O/c1-17(2)13-5-3-4-12(10-13)16-14(18)11-6-8-15-9-7-11/h3-5,10-11,15H,6-9H2,1-2H3,(H,16,18). The zero-order valence-corrected chi connectivity index (χ0v) is 11.1. The predicted molar refractivity (Wildman–Crippen MR) is 75.0 cm³/mol. The molecule has 1 saturated heterocycles. The van der Waals surface area contributed by atoms with E-state index in [0.717, 1.165) is 37.3 Å². The van der Waals surface area contributed by atoms with Gasteiger partial charge in [0.2, 0.25) is 5.91 Å². The van der Waals surface area contributed by atoms with Crippen LogP contribution in [0, 0.1) is 5.92 Å². The molecule has 18 heavy (non-hydrogen) atoms. The van der Waals surface area contributed by atoms with Crippen molar-refractivity contribution in [3.8, 4) is 0 Å². The molecule has 2 N–H and O–H groups in total. The molecule has 4 nitrogen and oxygen atoms in total. The molecular weight excluding hydrogens is 226 g/mol. The van der Waals surface area contributed by atoms with Crippen LogP contribution in [0.15, 0.2) is 24.3 Å². The SMILES string of the molecule is CN(C)c1cccc(NC(=O)C2CCNCC2)c1. The van der Waals surface area contributed by atoms with Crippen molar-refractivity contribution in [2.45, 2.75) is 12.8 Å². The van der Waals surface area contributed by atoms with E-state index in [1.54, 1.807) is 0 Å². The lowest BCUT2D eigenvalue weighted by Crippen LogP contribution is -2.34. The molecule has 0 aromatic heterocycles. The van der Waals surface area contributed by atoms with E-state index in [4.69, 9.17) is 0 Å². The second-order valence-electron chi connectivity index (χ2n) is 4.96. The maximum absolute atomic E-state index is 12.1. The van der Waals surface area contributed by atoms with Crippen molar-refractivity contribution in [3.63, 3.8) is 0 Å². The minimum absolute atomic E-state index is 0.146. The van der Waals surface area contributed by atoms with Crippen molar-refractivity contribution in [1.29, 1.82) is 0 Å². The average molecular weight is 247 g/mol. The number of hydrogen-bond acceptors (Lipinski definition) is 3. The fraction of sp³-hybridized carbons (Fsp3) is 0.500. The van der Waals surface area contributed by atoms with Crippen molar-refractivity contribution >= 4 is 17.3 Å². The van der Waals surface area contributed by atoms with Crippen molar-refractivity contribution in [1.82, 2.24) is 5.32 Å². The summed E-state index contributed by atoms with van der Waals surface area (Å²) in [6.07, 6.45) is 1.86. The normalized spacial score (nSPS) is 16.3. The summed E-state index contributed by atoms with van der Waals surface area (Å²) in [7, 11) is 3.99. The van der Waals surface area contributed by atoms with Gasteiger partial charge in [0.1, 0.15) is 0 Å². The van der Waals surface area contributed by atoms with Crippen molar-refractivity contribution in [3.05, 3.63) is 24.3 Å². The average Bonchev–Trinajstić information content (AvgIpc) is 2.40. The van der Waals surface area contributed by atoms with Crippen LogP contribution >= 0.6 is 0 Å². The van der Waals surface area contributed by atoms with Crippen LogP contribution in [-0.4, -0.2) is 33.1 Å². The number of amides is 1. The van der Waals surface area contributed by atoms with Gasteiger partial charge >= 0.3 is 0 Å². The van der Waals surface area contributed by atoms with Crippen LogP contribution in [0.3, 0.4) is 0 Å². The van der Waals surface area contributed by atoms with Gasteiger partial charge in [0.25, 0.3) is 0 Å². The van der Waals surface area contributed by atoms with Gasteiger partial charge in [0.15, 0.2) is 0 Å². The van der Waals surface area contributed by atoms with Gasteiger partial charge in [-0.15, -0.1) is 0 Å². The number of carbonyl (C=O) groups is 1. The van der Waals surface area contributed by atoms with Gasteiger partial charge in [-0.25, -0.2) is 0 Å². The third kappa shape index (κ3) is 3.23. The molecule has 0 aliphatic carbocycles. The molecule has 0 radical (unpaired) electrons. The first-order valence-electron chi connectivity index (χ1n) is 6.46. The van der Waals surface area contributed by atoms with Gasteiger partial charge in [-0.1, -0.05) is 6.07 Å². The Morgan fingerprint density at radius 2 is 2.06 bits per heavy atom. The quantitative estimate of drug-likeness (QED) is 0.854. The molecule has 1 aliphatic rings. The number of hydrogen-bond donors (Lipinski definition) is 2. The van der Waals surface area contributed by atoms with E-state index < -0.39 is 0 Å². The highest BCUT2D eigenvalue weighted by molar-refractivity contribution is 5.93. The molecule has 1 aliphatic heterocycles. The van der Waals surface area contributed by atoms with Crippen LogP contribution in [0.2, 0.25) is 0 Å². The van der Waals surface area contributed by atoms with E-state index >= 15 is 0 Å². The third-order valence-electron chi connectivity index (χ3n) is 3.34. The number of nitrogens with one attached hydrogen (secondary N) is 2. The van der Waals surface area contributed by atoms with Crippen molar-refractivity contribution in [2.75, 3.05) is 37.4 Å². The Morgan fingerprint density at radius 3 is 2.72 bits per heavy atom. The molecule has 0 bridgehead atoms. The molecule has 0 unspecified atom stereocenters.